The van der Waals surface area contributed by atoms with Gasteiger partial charge in [0.1, 0.15) is 5.75 Å². The first-order valence-corrected chi connectivity index (χ1v) is 4.94. The first-order valence-electron chi connectivity index (χ1n) is 4.40. The Kier molecular flexibility index (Phi) is 4.41. The van der Waals surface area contributed by atoms with E-state index in [1.54, 1.807) is 0 Å². The van der Waals surface area contributed by atoms with E-state index in [2.05, 4.69) is 9.72 Å². The van der Waals surface area contributed by atoms with Crippen molar-refractivity contribution in [2.45, 2.75) is 18.8 Å². The zero-order valence-electron chi connectivity index (χ0n) is 8.71. The summed E-state index contributed by atoms with van der Waals surface area (Å²) in [5, 5.41) is 8.99. The maximum absolute atomic E-state index is 12.1. The van der Waals surface area contributed by atoms with E-state index >= 15 is 0 Å². The minimum absolute atomic E-state index is 0.101. The van der Waals surface area contributed by atoms with Crippen molar-refractivity contribution in [3.05, 3.63) is 17.3 Å². The predicted octanol–water partition coefficient (Wildman–Crippen LogP) is 2.22. The number of aromatic nitrogens is 1. The van der Waals surface area contributed by atoms with Gasteiger partial charge in [0, 0.05) is 6.07 Å². The van der Waals surface area contributed by atoms with Gasteiger partial charge in [-0.3, -0.25) is 0 Å². The average Bonchev–Trinajstić information content (AvgIpc) is 2.25. The van der Waals surface area contributed by atoms with Crippen molar-refractivity contribution in [1.29, 1.82) is 0 Å². The average molecular weight is 272 g/mol. The first kappa shape index (κ1) is 13.9. The molecule has 1 N–H and O–H groups in total. The van der Waals surface area contributed by atoms with Gasteiger partial charge in [0.05, 0.1) is 30.9 Å². The molecule has 8 heteroatoms. The molecule has 1 aromatic rings. The summed E-state index contributed by atoms with van der Waals surface area (Å²) in [7, 11) is 1.22. The van der Waals surface area contributed by atoms with E-state index in [-0.39, 0.29) is 23.0 Å². The largest absolute Gasteiger partial charge is 0.573 e. The third-order valence-electron chi connectivity index (χ3n) is 1.81. The molecular formula is C9H9ClF3NO3. The summed E-state index contributed by atoms with van der Waals surface area (Å²) in [6, 6.07) is 1.01. The van der Waals surface area contributed by atoms with E-state index in [0.29, 0.717) is 0 Å². The van der Waals surface area contributed by atoms with Crippen LogP contribution in [0.1, 0.15) is 11.3 Å². The standard InChI is InChI=1S/C9H9ClF3NO3/c1-16-8-6(4-15)7(17-9(11,12)13)2-5(3-10)14-8/h2,15H,3-4H2,1H3. The van der Waals surface area contributed by atoms with E-state index in [1.165, 1.54) is 7.11 Å². The Morgan fingerprint density at radius 3 is 2.53 bits per heavy atom. The monoisotopic (exact) mass is 271 g/mol. The third-order valence-corrected chi connectivity index (χ3v) is 2.09. The Morgan fingerprint density at radius 2 is 2.12 bits per heavy atom. The van der Waals surface area contributed by atoms with Gasteiger partial charge in [-0.2, -0.15) is 0 Å². The smallest absolute Gasteiger partial charge is 0.481 e. The number of aliphatic hydroxyl groups excluding tert-OH is 1. The number of halogens is 4. The van der Waals surface area contributed by atoms with Crippen LogP contribution >= 0.6 is 11.6 Å². The second-order valence-electron chi connectivity index (χ2n) is 2.94. The molecule has 0 amide bonds. The molecule has 0 bridgehead atoms. The second kappa shape index (κ2) is 5.42. The summed E-state index contributed by atoms with van der Waals surface area (Å²) >= 11 is 5.48. The number of aliphatic hydroxyl groups is 1. The Bertz CT molecular complexity index is 398. The lowest BCUT2D eigenvalue weighted by Crippen LogP contribution is -2.19. The second-order valence-corrected chi connectivity index (χ2v) is 3.21. The SMILES string of the molecule is COc1nc(CCl)cc(OC(F)(F)F)c1CO. The Balaban J connectivity index is 3.24. The lowest BCUT2D eigenvalue weighted by molar-refractivity contribution is -0.275. The Labute approximate surface area is 99.9 Å². The van der Waals surface area contributed by atoms with E-state index < -0.39 is 18.7 Å². The third kappa shape index (κ3) is 3.64. The van der Waals surface area contributed by atoms with Crippen LogP contribution in [0, 0.1) is 0 Å². The molecule has 1 heterocycles. The molecule has 0 saturated heterocycles. The van der Waals surface area contributed by atoms with E-state index in [4.69, 9.17) is 21.4 Å². The van der Waals surface area contributed by atoms with Gasteiger partial charge in [-0.1, -0.05) is 0 Å². The summed E-state index contributed by atoms with van der Waals surface area (Å²) in [5.74, 6) is -0.816. The molecule has 0 spiro atoms. The highest BCUT2D eigenvalue weighted by atomic mass is 35.5. The van der Waals surface area contributed by atoms with Gasteiger partial charge in [-0.15, -0.1) is 24.8 Å². The van der Waals surface area contributed by atoms with Crippen LogP contribution in [0.4, 0.5) is 13.2 Å². The van der Waals surface area contributed by atoms with Gasteiger partial charge in [0.15, 0.2) is 0 Å². The molecule has 17 heavy (non-hydrogen) atoms. The number of nitrogens with zero attached hydrogens (tertiary/aromatic N) is 1. The van der Waals surface area contributed by atoms with Gasteiger partial charge >= 0.3 is 6.36 Å². The van der Waals surface area contributed by atoms with Crippen LogP contribution in [0.2, 0.25) is 0 Å². The fourth-order valence-corrected chi connectivity index (χ4v) is 1.31. The van der Waals surface area contributed by atoms with Gasteiger partial charge in [-0.25, -0.2) is 4.98 Å². The predicted molar refractivity (Wildman–Crippen MR) is 53.0 cm³/mol. The Hall–Kier alpha value is -1.21. The molecule has 96 valence electrons. The van der Waals surface area contributed by atoms with Gasteiger partial charge in [-0.05, 0) is 0 Å². The van der Waals surface area contributed by atoms with Crippen LogP contribution in [0.25, 0.3) is 0 Å². The van der Waals surface area contributed by atoms with Crippen LogP contribution < -0.4 is 9.47 Å². The molecule has 1 aromatic heterocycles. The molecule has 0 aromatic carbocycles. The molecule has 0 aliphatic carbocycles. The molecule has 0 fully saturated rings. The maximum atomic E-state index is 12.1. The van der Waals surface area contributed by atoms with Crippen molar-refractivity contribution in [2.24, 2.45) is 0 Å². The Morgan fingerprint density at radius 1 is 1.47 bits per heavy atom. The molecule has 0 saturated carbocycles. The quantitative estimate of drug-likeness (QED) is 0.853. The fraction of sp³-hybridized carbons (Fsp3) is 0.444. The summed E-state index contributed by atoms with van der Waals surface area (Å²) < 4.78 is 44.9. The highest BCUT2D eigenvalue weighted by Gasteiger charge is 2.33. The number of alkyl halides is 4. The highest BCUT2D eigenvalue weighted by molar-refractivity contribution is 6.16. The van der Waals surface area contributed by atoms with Crippen LogP contribution in [0.5, 0.6) is 11.6 Å². The molecular weight excluding hydrogens is 263 g/mol. The number of rotatable bonds is 4. The van der Waals surface area contributed by atoms with E-state index in [9.17, 15) is 13.2 Å². The number of pyridine rings is 1. The lowest BCUT2D eigenvalue weighted by atomic mass is 10.2. The molecule has 0 radical (unpaired) electrons. The van der Waals surface area contributed by atoms with E-state index in [0.717, 1.165) is 6.07 Å². The van der Waals surface area contributed by atoms with Crippen molar-refractivity contribution in [1.82, 2.24) is 4.98 Å². The molecule has 0 atom stereocenters. The number of hydrogen-bond donors (Lipinski definition) is 1. The zero-order valence-corrected chi connectivity index (χ0v) is 9.47. The summed E-state index contributed by atoms with van der Waals surface area (Å²) in [6.07, 6.45) is -4.86. The van der Waals surface area contributed by atoms with Crippen LogP contribution in [-0.2, 0) is 12.5 Å². The first-order chi connectivity index (χ1) is 7.91. The number of ether oxygens (including phenoxy) is 2. The van der Waals surface area contributed by atoms with Crippen molar-refractivity contribution >= 4 is 11.6 Å². The van der Waals surface area contributed by atoms with Crippen molar-refractivity contribution in [2.75, 3.05) is 7.11 Å². The maximum Gasteiger partial charge on any atom is 0.573 e. The number of methoxy groups -OCH3 is 1. The van der Waals surface area contributed by atoms with Gasteiger partial charge < -0.3 is 14.6 Å². The fourth-order valence-electron chi connectivity index (χ4n) is 1.17. The topological polar surface area (TPSA) is 51.6 Å². The lowest BCUT2D eigenvalue weighted by Gasteiger charge is -2.15. The molecule has 0 unspecified atom stereocenters. The summed E-state index contributed by atoms with van der Waals surface area (Å²) in [4.78, 5) is 3.81. The van der Waals surface area contributed by atoms with Crippen molar-refractivity contribution < 1.29 is 27.8 Å². The minimum Gasteiger partial charge on any atom is -0.481 e. The molecule has 0 aliphatic heterocycles. The highest BCUT2D eigenvalue weighted by Crippen LogP contribution is 2.32. The van der Waals surface area contributed by atoms with Gasteiger partial charge in [0.2, 0.25) is 5.88 Å². The zero-order chi connectivity index (χ0) is 13.1. The minimum atomic E-state index is -4.86. The number of hydrogen-bond acceptors (Lipinski definition) is 4. The van der Waals surface area contributed by atoms with Gasteiger partial charge in [0.25, 0.3) is 0 Å². The van der Waals surface area contributed by atoms with Crippen molar-refractivity contribution in [3.63, 3.8) is 0 Å². The van der Waals surface area contributed by atoms with Crippen LogP contribution in [-0.4, -0.2) is 23.6 Å². The summed E-state index contributed by atoms with van der Waals surface area (Å²) in [5.41, 5.74) is -0.0290. The normalized spacial score (nSPS) is 11.4. The molecule has 1 rings (SSSR count). The van der Waals surface area contributed by atoms with Crippen LogP contribution in [0.3, 0.4) is 0 Å². The van der Waals surface area contributed by atoms with E-state index in [1.807, 2.05) is 0 Å². The molecule has 4 nitrogen and oxygen atoms in total. The molecule has 0 aliphatic rings. The summed E-state index contributed by atoms with van der Waals surface area (Å²) in [6.45, 7) is -0.690. The van der Waals surface area contributed by atoms with Crippen molar-refractivity contribution in [3.8, 4) is 11.6 Å². The van der Waals surface area contributed by atoms with Crippen LogP contribution in [0.15, 0.2) is 6.07 Å².